The van der Waals surface area contributed by atoms with Crippen LogP contribution in [0.1, 0.15) is 35.1 Å². The fourth-order valence-corrected chi connectivity index (χ4v) is 7.28. The molecule has 0 bridgehead atoms. The van der Waals surface area contributed by atoms with Gasteiger partial charge in [0.2, 0.25) is 0 Å². The molecule has 1 saturated carbocycles. The molecule has 0 unspecified atom stereocenters. The highest BCUT2D eigenvalue weighted by Gasteiger charge is 2.37. The number of nitriles is 1. The van der Waals surface area contributed by atoms with Gasteiger partial charge in [0.25, 0.3) is 5.56 Å². The summed E-state index contributed by atoms with van der Waals surface area (Å²) in [6, 6.07) is 7.48. The first-order valence-electron chi connectivity index (χ1n) is 12.7. The summed E-state index contributed by atoms with van der Waals surface area (Å²) in [5, 5.41) is 10.6. The minimum absolute atomic E-state index is 0.00357. The van der Waals surface area contributed by atoms with E-state index in [2.05, 4.69) is 0 Å². The Morgan fingerprint density at radius 2 is 1.64 bits per heavy atom. The van der Waals surface area contributed by atoms with Gasteiger partial charge >= 0.3 is 12.4 Å². The van der Waals surface area contributed by atoms with Crippen LogP contribution in [0.4, 0.5) is 35.1 Å². The minimum atomic E-state index is -5.16. The number of alkyl halides is 6. The summed E-state index contributed by atoms with van der Waals surface area (Å²) in [7, 11) is -4.10. The second-order valence-electron chi connectivity index (χ2n) is 10.2. The van der Waals surface area contributed by atoms with Crippen molar-refractivity contribution in [2.24, 2.45) is 5.92 Å². The van der Waals surface area contributed by atoms with Gasteiger partial charge in [0.05, 0.1) is 38.9 Å². The second kappa shape index (κ2) is 11.2. The zero-order chi connectivity index (χ0) is 32.2. The first-order valence-corrected chi connectivity index (χ1v) is 15.2. The van der Waals surface area contributed by atoms with Crippen LogP contribution in [0.25, 0.3) is 21.7 Å². The summed E-state index contributed by atoms with van der Waals surface area (Å²) in [4.78, 5) is 12.5. The number of hydrogen-bond acceptors (Lipinski definition) is 5. The van der Waals surface area contributed by atoms with Crippen LogP contribution in [0.2, 0.25) is 0 Å². The number of benzene rings is 2. The van der Waals surface area contributed by atoms with Crippen molar-refractivity contribution in [3.05, 3.63) is 98.2 Å². The molecule has 0 aliphatic heterocycles. The second-order valence-corrected chi connectivity index (χ2v) is 13.2. The largest absolute Gasteiger partial charge is 0.417 e. The van der Waals surface area contributed by atoms with E-state index in [9.17, 15) is 53.6 Å². The summed E-state index contributed by atoms with van der Waals surface area (Å²) in [6.07, 6.45) is -8.82. The van der Waals surface area contributed by atoms with E-state index >= 15 is 0 Å². The van der Waals surface area contributed by atoms with Crippen LogP contribution < -0.4 is 5.56 Å². The molecule has 15 heteroatoms. The molecule has 2 aromatic carbocycles. The van der Waals surface area contributed by atoms with E-state index in [-0.39, 0.29) is 33.2 Å². The molecule has 4 aromatic rings. The van der Waals surface area contributed by atoms with Crippen molar-refractivity contribution in [3.63, 3.8) is 0 Å². The SMILES string of the molecule is N#Cc1c(C(F)(F)F)cc(-c2cc(-c3cc(C(F)(F)F)cc(S(=O)(=O)CC4CC4)c3)cs2)n(Cc2ccc(F)cc2F)c1=O. The first-order chi connectivity index (χ1) is 20.5. The lowest BCUT2D eigenvalue weighted by Crippen LogP contribution is -2.28. The summed E-state index contributed by atoms with van der Waals surface area (Å²) in [6.45, 7) is -0.715. The average molecular weight is 659 g/mol. The van der Waals surface area contributed by atoms with E-state index < -0.39 is 73.2 Å². The van der Waals surface area contributed by atoms with E-state index in [1.54, 1.807) is 0 Å². The molecule has 0 radical (unpaired) electrons. The molecular formula is C29H18F8N2O3S2. The normalized spacial score (nSPS) is 14.1. The summed E-state index contributed by atoms with van der Waals surface area (Å²) in [5.74, 6) is -2.56. The molecule has 230 valence electrons. The van der Waals surface area contributed by atoms with Crippen molar-refractivity contribution < 1.29 is 43.5 Å². The number of halogens is 8. The molecule has 0 spiro atoms. The summed E-state index contributed by atoms with van der Waals surface area (Å²) < 4.78 is 137. The highest BCUT2D eigenvalue weighted by atomic mass is 32.2. The van der Waals surface area contributed by atoms with Gasteiger partial charge in [-0.25, -0.2) is 17.2 Å². The van der Waals surface area contributed by atoms with E-state index in [0.29, 0.717) is 41.7 Å². The molecule has 1 fully saturated rings. The molecule has 0 atom stereocenters. The molecule has 5 rings (SSSR count). The number of sulfone groups is 1. The smallest absolute Gasteiger partial charge is 0.302 e. The van der Waals surface area contributed by atoms with Crippen molar-refractivity contribution >= 4 is 21.2 Å². The molecule has 2 heterocycles. The van der Waals surface area contributed by atoms with E-state index in [1.165, 1.54) is 11.4 Å². The van der Waals surface area contributed by atoms with Gasteiger partial charge in [0.15, 0.2) is 9.84 Å². The Labute approximate surface area is 248 Å². The molecule has 0 amide bonds. The van der Waals surface area contributed by atoms with Crippen LogP contribution >= 0.6 is 11.3 Å². The van der Waals surface area contributed by atoms with E-state index in [0.717, 1.165) is 35.6 Å². The Hall–Kier alpha value is -4.03. The van der Waals surface area contributed by atoms with Gasteiger partial charge in [-0.3, -0.25) is 4.79 Å². The lowest BCUT2D eigenvalue weighted by Gasteiger charge is -2.17. The molecule has 5 nitrogen and oxygen atoms in total. The molecule has 1 aliphatic carbocycles. The third-order valence-electron chi connectivity index (χ3n) is 6.99. The molecular weight excluding hydrogens is 640 g/mol. The molecule has 2 aromatic heterocycles. The monoisotopic (exact) mass is 658 g/mol. The van der Waals surface area contributed by atoms with Gasteiger partial charge in [-0.2, -0.15) is 31.6 Å². The lowest BCUT2D eigenvalue weighted by molar-refractivity contribution is -0.138. The molecule has 0 saturated heterocycles. The van der Waals surface area contributed by atoms with Gasteiger partial charge < -0.3 is 4.57 Å². The summed E-state index contributed by atoms with van der Waals surface area (Å²) >= 11 is 0.723. The van der Waals surface area contributed by atoms with Gasteiger partial charge in [0.1, 0.15) is 23.3 Å². The standard InChI is InChI=1S/C29H18F8N2O3S2/c30-20-4-3-16(24(31)9-20)12-39-25(10-23(29(35,36)37)22(11-38)27(39)40)26-7-18(13-43-26)17-5-19(28(32,33)34)8-21(6-17)44(41,42)14-15-1-2-15/h3-10,13,15H,1-2,12,14H2. The zero-order valence-electron chi connectivity index (χ0n) is 22.1. The Morgan fingerprint density at radius 3 is 2.23 bits per heavy atom. The Morgan fingerprint density at radius 1 is 0.932 bits per heavy atom. The topological polar surface area (TPSA) is 79.9 Å². The highest BCUT2D eigenvalue weighted by Crippen LogP contribution is 2.41. The van der Waals surface area contributed by atoms with Crippen molar-refractivity contribution in [2.45, 2.75) is 36.6 Å². The molecule has 44 heavy (non-hydrogen) atoms. The third-order valence-corrected chi connectivity index (χ3v) is 9.81. The maximum atomic E-state index is 14.5. The van der Waals surface area contributed by atoms with Crippen molar-refractivity contribution in [1.29, 1.82) is 5.26 Å². The lowest BCUT2D eigenvalue weighted by atomic mass is 10.0. The predicted octanol–water partition coefficient (Wildman–Crippen LogP) is 7.66. The number of pyridine rings is 1. The van der Waals surface area contributed by atoms with Gasteiger partial charge in [-0.1, -0.05) is 6.07 Å². The fraction of sp³-hybridized carbons (Fsp3) is 0.241. The quantitative estimate of drug-likeness (QED) is 0.191. The Balaban J connectivity index is 1.69. The zero-order valence-corrected chi connectivity index (χ0v) is 23.7. The van der Waals surface area contributed by atoms with Crippen LogP contribution in [0.15, 0.2) is 63.6 Å². The minimum Gasteiger partial charge on any atom is -0.302 e. The number of hydrogen-bond donors (Lipinski definition) is 0. The summed E-state index contributed by atoms with van der Waals surface area (Å²) in [5.41, 5.74) is -6.47. The number of rotatable bonds is 7. The first kappa shape index (κ1) is 31.4. The van der Waals surface area contributed by atoms with Crippen LogP contribution in [0, 0.1) is 28.9 Å². The maximum Gasteiger partial charge on any atom is 0.417 e. The van der Waals surface area contributed by atoms with E-state index in [4.69, 9.17) is 0 Å². The predicted molar refractivity (Wildman–Crippen MR) is 144 cm³/mol. The van der Waals surface area contributed by atoms with Crippen molar-refractivity contribution in [3.8, 4) is 27.8 Å². The van der Waals surface area contributed by atoms with Gasteiger partial charge in [-0.05, 0) is 71.7 Å². The van der Waals surface area contributed by atoms with Crippen LogP contribution in [-0.4, -0.2) is 18.7 Å². The van der Waals surface area contributed by atoms with Crippen molar-refractivity contribution in [2.75, 3.05) is 5.75 Å². The van der Waals surface area contributed by atoms with Crippen LogP contribution in [0.3, 0.4) is 0 Å². The maximum absolute atomic E-state index is 14.5. The van der Waals surface area contributed by atoms with Crippen LogP contribution in [-0.2, 0) is 28.7 Å². The van der Waals surface area contributed by atoms with Crippen LogP contribution in [0.5, 0.6) is 0 Å². The number of thiophene rings is 1. The third kappa shape index (κ3) is 6.41. The molecule has 1 aliphatic rings. The number of aromatic nitrogens is 1. The van der Waals surface area contributed by atoms with E-state index in [1.807, 2.05) is 0 Å². The number of nitrogens with zero attached hydrogens (tertiary/aromatic N) is 2. The van der Waals surface area contributed by atoms with Gasteiger partial charge in [0, 0.05) is 11.6 Å². The Kier molecular flexibility index (Phi) is 7.96. The highest BCUT2D eigenvalue weighted by molar-refractivity contribution is 7.91. The van der Waals surface area contributed by atoms with Crippen molar-refractivity contribution in [1.82, 2.24) is 4.57 Å². The van der Waals surface area contributed by atoms with Gasteiger partial charge in [-0.15, -0.1) is 11.3 Å². The molecule has 0 N–H and O–H groups in total. The average Bonchev–Trinajstić information content (AvgIpc) is 3.59. The Bertz CT molecular complexity index is 1980. The fourth-order valence-electron chi connectivity index (χ4n) is 4.58.